The van der Waals surface area contributed by atoms with E-state index in [1.54, 1.807) is 6.07 Å². The van der Waals surface area contributed by atoms with E-state index in [0.29, 0.717) is 0 Å². The number of nitrogens with zero attached hydrogens (tertiary/aromatic N) is 2. The smallest absolute Gasteiger partial charge is 0.328 e. The standard InChI is InChI=1S/C10H10N2O5S/c1-10(2)6(9(14)15)12-7(13)5(3-4-11)8(12)18(10,16)17/h3,6,8H,1-2H3,(H,14,15)/b5-3+/t6-,8+/m0/s1. The minimum absolute atomic E-state index is 0.158. The molecule has 2 rings (SSSR count). The third-order valence-corrected chi connectivity index (χ3v) is 6.18. The van der Waals surface area contributed by atoms with Crippen molar-refractivity contribution < 1.29 is 23.1 Å². The molecule has 1 N–H and O–H groups in total. The van der Waals surface area contributed by atoms with Crippen molar-refractivity contribution in [2.75, 3.05) is 0 Å². The Kier molecular flexibility index (Phi) is 2.32. The lowest BCUT2D eigenvalue weighted by Gasteiger charge is -2.37. The molecule has 0 aliphatic carbocycles. The van der Waals surface area contributed by atoms with Crippen molar-refractivity contribution in [3.63, 3.8) is 0 Å². The molecule has 96 valence electrons. The van der Waals surface area contributed by atoms with Crippen LogP contribution in [0, 0.1) is 11.3 Å². The van der Waals surface area contributed by atoms with Crippen LogP contribution in [0.5, 0.6) is 0 Å². The van der Waals surface area contributed by atoms with Gasteiger partial charge in [0.15, 0.2) is 21.3 Å². The molecule has 0 unspecified atom stereocenters. The van der Waals surface area contributed by atoms with Crippen LogP contribution in [0.2, 0.25) is 0 Å². The predicted molar refractivity (Wildman–Crippen MR) is 58.8 cm³/mol. The number of carbonyl (C=O) groups excluding carboxylic acids is 1. The lowest BCUT2D eigenvalue weighted by Crippen LogP contribution is -2.58. The SMILES string of the molecule is CC1(C)[C@H](C(=O)O)N2C(=O)/C(=C\C#N)[C@H]2S1(=O)=O. The van der Waals surface area contributed by atoms with Crippen molar-refractivity contribution >= 4 is 21.7 Å². The largest absolute Gasteiger partial charge is 0.480 e. The molecule has 2 atom stereocenters. The van der Waals surface area contributed by atoms with Crippen molar-refractivity contribution in [2.45, 2.75) is 30.0 Å². The van der Waals surface area contributed by atoms with Crippen LogP contribution in [0.15, 0.2) is 11.6 Å². The Hall–Kier alpha value is -1.88. The number of fused-ring (bicyclic) bond motifs is 1. The van der Waals surface area contributed by atoms with Crippen molar-refractivity contribution in [3.05, 3.63) is 11.6 Å². The number of nitriles is 1. The first-order valence-electron chi connectivity index (χ1n) is 5.06. The third-order valence-electron chi connectivity index (χ3n) is 3.42. The number of allylic oxidation sites excluding steroid dienone is 1. The van der Waals surface area contributed by atoms with Crippen LogP contribution < -0.4 is 0 Å². The highest BCUT2D eigenvalue weighted by Crippen LogP contribution is 2.48. The highest BCUT2D eigenvalue weighted by atomic mass is 32.2. The number of carboxylic acids is 1. The molecular formula is C10H10N2O5S. The fraction of sp³-hybridized carbons (Fsp3) is 0.500. The van der Waals surface area contributed by atoms with E-state index in [1.165, 1.54) is 13.8 Å². The van der Waals surface area contributed by atoms with Crippen molar-refractivity contribution in [2.24, 2.45) is 0 Å². The van der Waals surface area contributed by atoms with Gasteiger partial charge in [0.1, 0.15) is 4.75 Å². The second-order valence-corrected chi connectivity index (χ2v) is 7.27. The fourth-order valence-corrected chi connectivity index (χ4v) is 4.53. The van der Waals surface area contributed by atoms with Gasteiger partial charge in [0, 0.05) is 6.08 Å². The van der Waals surface area contributed by atoms with Crippen molar-refractivity contribution in [1.82, 2.24) is 4.90 Å². The molecular weight excluding hydrogens is 260 g/mol. The van der Waals surface area contributed by atoms with Gasteiger partial charge in [-0.2, -0.15) is 5.26 Å². The minimum atomic E-state index is -3.86. The topological polar surface area (TPSA) is 116 Å². The number of amides is 1. The molecule has 0 radical (unpaired) electrons. The van der Waals surface area contributed by atoms with Gasteiger partial charge >= 0.3 is 5.97 Å². The number of carbonyl (C=O) groups is 2. The number of hydrogen-bond donors (Lipinski definition) is 1. The molecule has 2 heterocycles. The van der Waals surface area contributed by atoms with Gasteiger partial charge in [-0.25, -0.2) is 13.2 Å². The van der Waals surface area contributed by atoms with Gasteiger partial charge in [-0.15, -0.1) is 0 Å². The van der Waals surface area contributed by atoms with Gasteiger partial charge in [0.2, 0.25) is 0 Å². The molecule has 0 spiro atoms. The summed E-state index contributed by atoms with van der Waals surface area (Å²) in [6, 6.07) is 0.180. The van der Waals surface area contributed by atoms with Crippen LogP contribution in [-0.2, 0) is 19.4 Å². The first-order valence-corrected chi connectivity index (χ1v) is 6.61. The molecule has 7 nitrogen and oxygen atoms in total. The summed E-state index contributed by atoms with van der Waals surface area (Å²) in [7, 11) is -3.86. The summed E-state index contributed by atoms with van der Waals surface area (Å²) in [6.45, 7) is 2.55. The van der Waals surface area contributed by atoms with Crippen LogP contribution in [0.1, 0.15) is 13.8 Å². The van der Waals surface area contributed by atoms with Gasteiger partial charge in [-0.3, -0.25) is 4.79 Å². The summed E-state index contributed by atoms with van der Waals surface area (Å²) in [5.41, 5.74) is -0.158. The van der Waals surface area contributed by atoms with Gasteiger partial charge in [-0.1, -0.05) is 0 Å². The molecule has 2 aliphatic rings. The summed E-state index contributed by atoms with van der Waals surface area (Å²) < 4.78 is 22.8. The number of carboxylic acid groups (broad SMARTS) is 1. The molecule has 0 saturated carbocycles. The lowest BCUT2D eigenvalue weighted by molar-refractivity contribution is -0.152. The Bertz CT molecular complexity index is 625. The van der Waals surface area contributed by atoms with Crippen LogP contribution in [0.25, 0.3) is 0 Å². The van der Waals surface area contributed by atoms with Crippen LogP contribution >= 0.6 is 0 Å². The molecule has 1 amide bonds. The number of hydrogen-bond acceptors (Lipinski definition) is 5. The Morgan fingerprint density at radius 2 is 2.11 bits per heavy atom. The number of sulfone groups is 1. The quantitative estimate of drug-likeness (QED) is 0.381. The second-order valence-electron chi connectivity index (χ2n) is 4.68. The van der Waals surface area contributed by atoms with Crippen LogP contribution in [0.4, 0.5) is 0 Å². The second kappa shape index (κ2) is 3.32. The first-order chi connectivity index (χ1) is 8.17. The molecule has 0 aromatic heterocycles. The third kappa shape index (κ3) is 1.14. The maximum absolute atomic E-state index is 12.2. The van der Waals surface area contributed by atoms with E-state index >= 15 is 0 Å². The van der Waals surface area contributed by atoms with E-state index in [0.717, 1.165) is 11.0 Å². The molecule has 0 aromatic carbocycles. The van der Waals surface area contributed by atoms with E-state index < -0.39 is 37.9 Å². The van der Waals surface area contributed by atoms with E-state index in [9.17, 15) is 18.0 Å². The Morgan fingerprint density at radius 3 is 2.56 bits per heavy atom. The van der Waals surface area contributed by atoms with Crippen molar-refractivity contribution in [1.29, 1.82) is 5.26 Å². The summed E-state index contributed by atoms with van der Waals surface area (Å²) in [6.07, 6.45) is 0.862. The average molecular weight is 270 g/mol. The maximum Gasteiger partial charge on any atom is 0.328 e. The highest BCUT2D eigenvalue weighted by molar-refractivity contribution is 7.94. The lowest BCUT2D eigenvalue weighted by atomic mass is 9.96. The summed E-state index contributed by atoms with van der Waals surface area (Å²) in [4.78, 5) is 23.7. The molecule has 2 fully saturated rings. The summed E-state index contributed by atoms with van der Waals surface area (Å²) in [5, 5.41) is 16.3. The van der Waals surface area contributed by atoms with Crippen LogP contribution in [0.3, 0.4) is 0 Å². The molecule has 0 aromatic rings. The number of rotatable bonds is 1. The number of aliphatic carboxylic acids is 1. The first kappa shape index (κ1) is 12.6. The highest BCUT2D eigenvalue weighted by Gasteiger charge is 2.70. The minimum Gasteiger partial charge on any atom is -0.480 e. The van der Waals surface area contributed by atoms with Gasteiger partial charge in [-0.05, 0) is 13.8 Å². The van der Waals surface area contributed by atoms with Gasteiger partial charge < -0.3 is 10.0 Å². The average Bonchev–Trinajstić information content (AvgIpc) is 2.38. The van der Waals surface area contributed by atoms with E-state index in [1.807, 2.05) is 0 Å². The summed E-state index contributed by atoms with van der Waals surface area (Å²) in [5.74, 6) is -2.07. The Balaban J connectivity index is 2.64. The van der Waals surface area contributed by atoms with Gasteiger partial charge in [0.25, 0.3) is 5.91 Å². The number of β-lactam (4-membered cyclic amide) rings is 1. The normalized spacial score (nSPS) is 33.7. The zero-order chi connectivity index (χ0) is 13.9. The molecule has 18 heavy (non-hydrogen) atoms. The van der Waals surface area contributed by atoms with Crippen molar-refractivity contribution in [3.8, 4) is 6.07 Å². The zero-order valence-corrected chi connectivity index (χ0v) is 10.4. The molecule has 8 heteroatoms. The predicted octanol–water partition coefficient (Wildman–Crippen LogP) is -0.735. The molecule has 2 aliphatic heterocycles. The van der Waals surface area contributed by atoms with Gasteiger partial charge in [0.05, 0.1) is 11.6 Å². The maximum atomic E-state index is 12.2. The van der Waals surface area contributed by atoms with E-state index in [2.05, 4.69) is 0 Å². The van der Waals surface area contributed by atoms with Crippen LogP contribution in [-0.4, -0.2) is 46.5 Å². The Morgan fingerprint density at radius 1 is 1.56 bits per heavy atom. The zero-order valence-electron chi connectivity index (χ0n) is 9.61. The molecule has 2 saturated heterocycles. The van der Waals surface area contributed by atoms with E-state index in [-0.39, 0.29) is 5.57 Å². The fourth-order valence-electron chi connectivity index (χ4n) is 2.41. The summed E-state index contributed by atoms with van der Waals surface area (Å²) >= 11 is 0. The Labute approximate surface area is 103 Å². The van der Waals surface area contributed by atoms with E-state index in [4.69, 9.17) is 10.4 Å². The molecule has 0 bridgehead atoms. The monoisotopic (exact) mass is 270 g/mol.